The van der Waals surface area contributed by atoms with Crippen molar-refractivity contribution in [2.24, 2.45) is 5.92 Å². The van der Waals surface area contributed by atoms with E-state index in [0.29, 0.717) is 17.9 Å². The molecule has 0 amide bonds. The molecule has 0 spiro atoms. The number of hydrogen-bond donors (Lipinski definition) is 1. The van der Waals surface area contributed by atoms with Crippen LogP contribution in [0.1, 0.15) is 39.0 Å². The first-order chi connectivity index (χ1) is 8.76. The first-order valence-corrected chi connectivity index (χ1v) is 7.40. The van der Waals surface area contributed by atoms with Crippen molar-refractivity contribution < 1.29 is 4.74 Å². The third-order valence-electron chi connectivity index (χ3n) is 3.62. The number of nitrogens with one attached hydrogen (secondary N) is 1. The molecule has 100 valence electrons. The quantitative estimate of drug-likeness (QED) is 0.922. The third kappa shape index (κ3) is 2.94. The lowest BCUT2D eigenvalue weighted by molar-refractivity contribution is 0.0850. The average molecular weight is 314 g/mol. The number of ether oxygens (including phenoxy) is 1. The zero-order valence-corrected chi connectivity index (χ0v) is 12.5. The fraction of sp³-hybridized carbons (Fsp3) is 0.692. The minimum Gasteiger partial charge on any atom is -0.473 e. The summed E-state index contributed by atoms with van der Waals surface area (Å²) in [5.41, 5.74) is 0. The Morgan fingerprint density at radius 3 is 2.89 bits per heavy atom. The minimum atomic E-state index is 0.291. The van der Waals surface area contributed by atoms with Crippen molar-refractivity contribution in [2.75, 3.05) is 12.4 Å². The number of anilines is 1. The van der Waals surface area contributed by atoms with E-state index in [4.69, 9.17) is 4.74 Å². The molecule has 2 atom stereocenters. The fourth-order valence-corrected chi connectivity index (χ4v) is 3.05. The Balaban J connectivity index is 2.12. The van der Waals surface area contributed by atoms with Crippen LogP contribution >= 0.6 is 15.9 Å². The summed E-state index contributed by atoms with van der Waals surface area (Å²) < 4.78 is 6.91. The van der Waals surface area contributed by atoms with Gasteiger partial charge in [0.05, 0.1) is 0 Å². The van der Waals surface area contributed by atoms with Crippen LogP contribution in [0.3, 0.4) is 0 Å². The van der Waals surface area contributed by atoms with Crippen molar-refractivity contribution in [3.63, 3.8) is 0 Å². The van der Waals surface area contributed by atoms with Crippen LogP contribution in [-0.2, 0) is 0 Å². The van der Waals surface area contributed by atoms with Gasteiger partial charge in [0.25, 0.3) is 0 Å². The molecule has 5 heteroatoms. The molecule has 0 saturated heterocycles. The molecule has 2 unspecified atom stereocenters. The summed E-state index contributed by atoms with van der Waals surface area (Å²) in [6, 6.07) is 0. The van der Waals surface area contributed by atoms with Crippen LogP contribution in [0.25, 0.3) is 0 Å². The van der Waals surface area contributed by atoms with Gasteiger partial charge in [0.1, 0.15) is 22.7 Å². The van der Waals surface area contributed by atoms with Crippen LogP contribution in [0, 0.1) is 5.92 Å². The van der Waals surface area contributed by atoms with Gasteiger partial charge in [-0.05, 0) is 47.5 Å². The molecule has 0 radical (unpaired) electrons. The lowest BCUT2D eigenvalue weighted by Gasteiger charge is -2.31. The molecule has 1 heterocycles. The van der Waals surface area contributed by atoms with E-state index in [1.165, 1.54) is 32.0 Å². The summed E-state index contributed by atoms with van der Waals surface area (Å²) in [6.07, 6.45) is 7.97. The number of hydrogen-bond acceptors (Lipinski definition) is 4. The minimum absolute atomic E-state index is 0.291. The number of halogens is 1. The predicted molar refractivity (Wildman–Crippen MR) is 75.9 cm³/mol. The SMILES string of the molecule is CCC1CCCCC1Oc1ncnc(NC)c1Br. The number of aromatic nitrogens is 2. The zero-order valence-electron chi connectivity index (χ0n) is 10.9. The van der Waals surface area contributed by atoms with Gasteiger partial charge in [0.15, 0.2) is 0 Å². The van der Waals surface area contributed by atoms with E-state index in [2.05, 4.69) is 38.1 Å². The van der Waals surface area contributed by atoms with Gasteiger partial charge in [-0.1, -0.05) is 13.3 Å². The van der Waals surface area contributed by atoms with E-state index >= 15 is 0 Å². The molecule has 1 aromatic rings. The molecule has 0 aromatic carbocycles. The van der Waals surface area contributed by atoms with Gasteiger partial charge in [-0.3, -0.25) is 0 Å². The Morgan fingerprint density at radius 2 is 2.17 bits per heavy atom. The van der Waals surface area contributed by atoms with E-state index in [0.717, 1.165) is 16.7 Å². The lowest BCUT2D eigenvalue weighted by Crippen LogP contribution is -2.30. The van der Waals surface area contributed by atoms with E-state index in [-0.39, 0.29) is 0 Å². The maximum Gasteiger partial charge on any atom is 0.233 e. The van der Waals surface area contributed by atoms with Gasteiger partial charge in [0.2, 0.25) is 5.88 Å². The summed E-state index contributed by atoms with van der Waals surface area (Å²) in [7, 11) is 1.84. The number of rotatable bonds is 4. The second-order valence-electron chi connectivity index (χ2n) is 4.70. The molecular weight excluding hydrogens is 294 g/mol. The molecular formula is C13H20BrN3O. The van der Waals surface area contributed by atoms with Crippen LogP contribution in [0.5, 0.6) is 5.88 Å². The first kappa shape index (κ1) is 13.6. The van der Waals surface area contributed by atoms with E-state index in [1.807, 2.05) is 7.05 Å². The molecule has 1 saturated carbocycles. The highest BCUT2D eigenvalue weighted by Gasteiger charge is 2.26. The van der Waals surface area contributed by atoms with Crippen molar-refractivity contribution >= 4 is 21.7 Å². The molecule has 1 aliphatic rings. The lowest BCUT2D eigenvalue weighted by atomic mass is 9.85. The van der Waals surface area contributed by atoms with Gasteiger partial charge in [-0.25, -0.2) is 9.97 Å². The highest BCUT2D eigenvalue weighted by molar-refractivity contribution is 9.10. The maximum atomic E-state index is 6.09. The summed E-state index contributed by atoms with van der Waals surface area (Å²) in [5.74, 6) is 2.07. The summed E-state index contributed by atoms with van der Waals surface area (Å²) in [4.78, 5) is 8.37. The Morgan fingerprint density at radius 1 is 1.39 bits per heavy atom. The van der Waals surface area contributed by atoms with Crippen LogP contribution in [0.2, 0.25) is 0 Å². The highest BCUT2D eigenvalue weighted by Crippen LogP contribution is 2.34. The Bertz CT molecular complexity index is 400. The predicted octanol–water partition coefficient (Wildman–Crippen LogP) is 3.63. The molecule has 1 aromatic heterocycles. The normalized spacial score (nSPS) is 23.7. The van der Waals surface area contributed by atoms with Gasteiger partial charge in [-0.15, -0.1) is 0 Å². The maximum absolute atomic E-state index is 6.09. The Hall–Kier alpha value is -0.840. The fourth-order valence-electron chi connectivity index (χ4n) is 2.55. The molecule has 2 rings (SSSR count). The molecule has 1 aliphatic carbocycles. The Kier molecular flexibility index (Phi) is 4.80. The second kappa shape index (κ2) is 6.36. The summed E-state index contributed by atoms with van der Waals surface area (Å²) in [6.45, 7) is 2.24. The smallest absolute Gasteiger partial charge is 0.233 e. The van der Waals surface area contributed by atoms with Gasteiger partial charge in [-0.2, -0.15) is 0 Å². The van der Waals surface area contributed by atoms with Crippen LogP contribution < -0.4 is 10.1 Å². The van der Waals surface area contributed by atoms with E-state index in [1.54, 1.807) is 0 Å². The van der Waals surface area contributed by atoms with Crippen molar-refractivity contribution in [2.45, 2.75) is 45.1 Å². The zero-order chi connectivity index (χ0) is 13.0. The first-order valence-electron chi connectivity index (χ1n) is 6.61. The highest BCUT2D eigenvalue weighted by atomic mass is 79.9. The van der Waals surface area contributed by atoms with Crippen molar-refractivity contribution in [1.82, 2.24) is 9.97 Å². The van der Waals surface area contributed by atoms with Crippen molar-refractivity contribution in [1.29, 1.82) is 0 Å². The molecule has 1 fully saturated rings. The summed E-state index contributed by atoms with van der Waals surface area (Å²) in [5, 5.41) is 3.02. The Labute approximate surface area is 117 Å². The topological polar surface area (TPSA) is 47.0 Å². The summed E-state index contributed by atoms with van der Waals surface area (Å²) >= 11 is 3.50. The average Bonchev–Trinajstić information content (AvgIpc) is 2.42. The molecule has 4 nitrogen and oxygen atoms in total. The largest absolute Gasteiger partial charge is 0.473 e. The van der Waals surface area contributed by atoms with Gasteiger partial charge in [0, 0.05) is 7.05 Å². The monoisotopic (exact) mass is 313 g/mol. The van der Waals surface area contributed by atoms with Gasteiger partial charge >= 0.3 is 0 Å². The van der Waals surface area contributed by atoms with Crippen molar-refractivity contribution in [3.8, 4) is 5.88 Å². The molecule has 0 aliphatic heterocycles. The van der Waals surface area contributed by atoms with E-state index in [9.17, 15) is 0 Å². The molecule has 1 N–H and O–H groups in total. The standard InChI is InChI=1S/C13H20BrN3O/c1-3-9-6-4-5-7-10(9)18-13-11(14)12(15-2)16-8-17-13/h8-10H,3-7H2,1-2H3,(H,15,16,17). The van der Waals surface area contributed by atoms with E-state index < -0.39 is 0 Å². The van der Waals surface area contributed by atoms with Crippen LogP contribution in [0.4, 0.5) is 5.82 Å². The number of nitrogens with zero attached hydrogens (tertiary/aromatic N) is 2. The van der Waals surface area contributed by atoms with Crippen LogP contribution in [0.15, 0.2) is 10.8 Å². The second-order valence-corrected chi connectivity index (χ2v) is 5.49. The molecule has 0 bridgehead atoms. The molecule has 18 heavy (non-hydrogen) atoms. The van der Waals surface area contributed by atoms with Crippen LogP contribution in [-0.4, -0.2) is 23.1 Å². The van der Waals surface area contributed by atoms with Gasteiger partial charge < -0.3 is 10.1 Å². The van der Waals surface area contributed by atoms with Crippen molar-refractivity contribution in [3.05, 3.63) is 10.8 Å². The third-order valence-corrected chi connectivity index (χ3v) is 4.34.